The number of likely N-dealkylation sites (N-methyl/N-ethyl adjacent to an activating group) is 1. The molecule has 1 aromatic rings. The van der Waals surface area contributed by atoms with Crippen molar-refractivity contribution < 1.29 is 22.3 Å². The van der Waals surface area contributed by atoms with E-state index in [4.69, 9.17) is 4.74 Å². The lowest BCUT2D eigenvalue weighted by molar-refractivity contribution is -0.140. The van der Waals surface area contributed by atoms with Crippen molar-refractivity contribution in [2.75, 3.05) is 13.7 Å². The van der Waals surface area contributed by atoms with E-state index >= 15 is 0 Å². The van der Waals surface area contributed by atoms with E-state index in [1.54, 1.807) is 7.05 Å². The van der Waals surface area contributed by atoms with Gasteiger partial charge in [-0.2, -0.15) is 13.2 Å². The van der Waals surface area contributed by atoms with Gasteiger partial charge in [0.1, 0.15) is 5.82 Å². The number of nitrogens with one attached hydrogen (secondary N) is 1. The van der Waals surface area contributed by atoms with Gasteiger partial charge in [0.2, 0.25) is 0 Å². The van der Waals surface area contributed by atoms with Crippen molar-refractivity contribution in [2.24, 2.45) is 0 Å². The molecule has 0 fully saturated rings. The van der Waals surface area contributed by atoms with Crippen molar-refractivity contribution in [3.8, 4) is 0 Å². The average Bonchev–Trinajstić information content (AvgIpc) is 2.28. The van der Waals surface area contributed by atoms with Crippen LogP contribution in [0.2, 0.25) is 0 Å². The van der Waals surface area contributed by atoms with E-state index in [0.717, 1.165) is 12.1 Å². The van der Waals surface area contributed by atoms with Crippen LogP contribution in [0.1, 0.15) is 37.9 Å². The minimum Gasteiger partial charge on any atom is -0.374 e. The first-order valence-corrected chi connectivity index (χ1v) is 6.22. The van der Waals surface area contributed by atoms with Crippen LogP contribution in [0.15, 0.2) is 18.2 Å². The molecule has 1 aromatic carbocycles. The molecule has 0 saturated carbocycles. The van der Waals surface area contributed by atoms with Crippen LogP contribution >= 0.6 is 0 Å². The van der Waals surface area contributed by atoms with Gasteiger partial charge in [-0.25, -0.2) is 4.39 Å². The zero-order valence-corrected chi connectivity index (χ0v) is 11.9. The molecule has 0 saturated heterocycles. The number of rotatable bonds is 4. The number of ether oxygens (including phenoxy) is 1. The predicted octanol–water partition coefficient (Wildman–Crippen LogP) is 3.92. The van der Waals surface area contributed by atoms with Crippen molar-refractivity contribution in [3.63, 3.8) is 0 Å². The molecule has 0 aliphatic carbocycles. The summed E-state index contributed by atoms with van der Waals surface area (Å²) >= 11 is 0. The average molecular weight is 293 g/mol. The normalized spacial score (nSPS) is 14.4. The topological polar surface area (TPSA) is 21.3 Å². The Bertz CT molecular complexity index is 451. The number of hydrogen-bond donors (Lipinski definition) is 1. The fourth-order valence-corrected chi connectivity index (χ4v) is 1.66. The number of alkyl halides is 3. The number of benzene rings is 1. The standard InChI is InChI=1S/C14H19F4NO/c1-13(2,3)20-8-12(19-4)9-5-6-11(15)10(7-9)14(16,17)18/h5-7,12,19H,8H2,1-4H3. The lowest BCUT2D eigenvalue weighted by Crippen LogP contribution is -2.28. The molecule has 0 spiro atoms. The zero-order chi connectivity index (χ0) is 15.6. The lowest BCUT2D eigenvalue weighted by Gasteiger charge is -2.25. The first-order valence-electron chi connectivity index (χ1n) is 6.22. The van der Waals surface area contributed by atoms with Gasteiger partial charge >= 0.3 is 6.18 Å². The highest BCUT2D eigenvalue weighted by molar-refractivity contribution is 5.29. The van der Waals surface area contributed by atoms with Crippen molar-refractivity contribution in [2.45, 2.75) is 38.6 Å². The van der Waals surface area contributed by atoms with Gasteiger partial charge in [0, 0.05) is 0 Å². The molecule has 0 bridgehead atoms. The highest BCUT2D eigenvalue weighted by Gasteiger charge is 2.34. The van der Waals surface area contributed by atoms with Crippen LogP contribution in [-0.4, -0.2) is 19.3 Å². The van der Waals surface area contributed by atoms with Gasteiger partial charge in [0.25, 0.3) is 0 Å². The maximum atomic E-state index is 13.2. The molecule has 1 rings (SSSR count). The summed E-state index contributed by atoms with van der Waals surface area (Å²) in [6, 6.07) is 2.55. The second-order valence-electron chi connectivity index (χ2n) is 5.50. The lowest BCUT2D eigenvalue weighted by atomic mass is 10.0. The third kappa shape index (κ3) is 4.76. The molecule has 0 aliphatic rings. The molecule has 1 N–H and O–H groups in total. The van der Waals surface area contributed by atoms with E-state index in [9.17, 15) is 17.6 Å². The van der Waals surface area contributed by atoms with Crippen molar-refractivity contribution >= 4 is 0 Å². The second-order valence-corrected chi connectivity index (χ2v) is 5.50. The first-order chi connectivity index (χ1) is 9.04. The molecule has 1 atom stereocenters. The first kappa shape index (κ1) is 16.9. The minimum atomic E-state index is -4.71. The second kappa shape index (κ2) is 6.10. The third-order valence-electron chi connectivity index (χ3n) is 2.73. The van der Waals surface area contributed by atoms with Crippen LogP contribution < -0.4 is 5.32 Å². The summed E-state index contributed by atoms with van der Waals surface area (Å²) in [5, 5.41) is 2.87. The third-order valence-corrected chi connectivity index (χ3v) is 2.73. The molecule has 2 nitrogen and oxygen atoms in total. The minimum absolute atomic E-state index is 0.197. The smallest absolute Gasteiger partial charge is 0.374 e. The molecular formula is C14H19F4NO. The van der Waals surface area contributed by atoms with Gasteiger partial charge in [-0.3, -0.25) is 0 Å². The Morgan fingerprint density at radius 1 is 1.20 bits per heavy atom. The molecule has 114 valence electrons. The Hall–Kier alpha value is -1.14. The highest BCUT2D eigenvalue weighted by atomic mass is 19.4. The van der Waals surface area contributed by atoms with Crippen molar-refractivity contribution in [1.82, 2.24) is 5.32 Å². The molecule has 1 unspecified atom stereocenters. The van der Waals surface area contributed by atoms with Crippen LogP contribution in [0.4, 0.5) is 17.6 Å². The molecule has 6 heteroatoms. The molecule has 0 radical (unpaired) electrons. The van der Waals surface area contributed by atoms with Crippen LogP contribution in [0.25, 0.3) is 0 Å². The highest BCUT2D eigenvalue weighted by Crippen LogP contribution is 2.33. The van der Waals surface area contributed by atoms with Crippen molar-refractivity contribution in [1.29, 1.82) is 0 Å². The summed E-state index contributed by atoms with van der Waals surface area (Å²) in [5.41, 5.74) is -1.32. The number of halogens is 4. The Kier molecular flexibility index (Phi) is 5.15. The van der Waals surface area contributed by atoms with Crippen LogP contribution in [-0.2, 0) is 10.9 Å². The molecule has 0 aromatic heterocycles. The maximum absolute atomic E-state index is 13.2. The quantitative estimate of drug-likeness (QED) is 0.850. The van der Waals surface area contributed by atoms with Crippen molar-refractivity contribution in [3.05, 3.63) is 35.1 Å². The van der Waals surface area contributed by atoms with E-state index in [2.05, 4.69) is 5.32 Å². The van der Waals surface area contributed by atoms with E-state index in [1.807, 2.05) is 20.8 Å². The Morgan fingerprint density at radius 3 is 2.25 bits per heavy atom. The van der Waals surface area contributed by atoms with E-state index in [-0.39, 0.29) is 6.61 Å². The van der Waals surface area contributed by atoms with Crippen LogP contribution in [0.5, 0.6) is 0 Å². The fourth-order valence-electron chi connectivity index (χ4n) is 1.66. The van der Waals surface area contributed by atoms with Gasteiger partial charge in [0.05, 0.1) is 23.8 Å². The Morgan fingerprint density at radius 2 is 1.80 bits per heavy atom. The van der Waals surface area contributed by atoms with Gasteiger partial charge in [-0.05, 0) is 45.5 Å². The van der Waals surface area contributed by atoms with Crippen LogP contribution in [0.3, 0.4) is 0 Å². The summed E-state index contributed by atoms with van der Waals surface area (Å²) in [7, 11) is 1.62. The monoisotopic (exact) mass is 293 g/mol. The number of hydrogen-bond acceptors (Lipinski definition) is 2. The zero-order valence-electron chi connectivity index (χ0n) is 11.9. The molecule has 0 heterocycles. The van der Waals surface area contributed by atoms with E-state index < -0.39 is 29.2 Å². The summed E-state index contributed by atoms with van der Waals surface area (Å²) in [4.78, 5) is 0. The van der Waals surface area contributed by atoms with Gasteiger partial charge < -0.3 is 10.1 Å². The summed E-state index contributed by atoms with van der Waals surface area (Å²) in [6.45, 7) is 5.76. The molecule has 0 aliphatic heterocycles. The fraction of sp³-hybridized carbons (Fsp3) is 0.571. The van der Waals surface area contributed by atoms with E-state index in [0.29, 0.717) is 5.56 Å². The summed E-state index contributed by atoms with van der Waals surface area (Å²) < 4.78 is 56.8. The molecule has 0 amide bonds. The molecule has 20 heavy (non-hydrogen) atoms. The molecular weight excluding hydrogens is 274 g/mol. The van der Waals surface area contributed by atoms with Gasteiger partial charge in [0.15, 0.2) is 0 Å². The van der Waals surface area contributed by atoms with Gasteiger partial charge in [-0.15, -0.1) is 0 Å². The largest absolute Gasteiger partial charge is 0.419 e. The predicted molar refractivity (Wildman–Crippen MR) is 68.9 cm³/mol. The van der Waals surface area contributed by atoms with Gasteiger partial charge in [-0.1, -0.05) is 6.07 Å². The van der Waals surface area contributed by atoms with E-state index in [1.165, 1.54) is 6.07 Å². The summed E-state index contributed by atoms with van der Waals surface area (Å²) in [5.74, 6) is -1.27. The SMILES string of the molecule is CNC(COC(C)(C)C)c1ccc(F)c(C(F)(F)F)c1. The van der Waals surface area contributed by atoms with Crippen LogP contribution in [0, 0.1) is 5.82 Å². The Balaban J connectivity index is 2.99. The Labute approximate surface area is 116 Å². The summed E-state index contributed by atoms with van der Waals surface area (Å²) in [6.07, 6.45) is -4.71. The maximum Gasteiger partial charge on any atom is 0.419 e.